The van der Waals surface area contributed by atoms with Crippen LogP contribution in [0.5, 0.6) is 0 Å². The Kier molecular flexibility index (Phi) is 6.46. The number of carbonyl (C=O) groups excluding carboxylic acids is 1. The second kappa shape index (κ2) is 7.66. The summed E-state index contributed by atoms with van der Waals surface area (Å²) in [6.07, 6.45) is 7.58. The highest BCUT2D eigenvalue weighted by atomic mass is 16.2. The Hall–Kier alpha value is -0.570. The van der Waals surface area contributed by atoms with E-state index in [2.05, 4.69) is 17.6 Å². The Bertz CT molecular complexity index is 202. The molecule has 0 heterocycles. The van der Waals surface area contributed by atoms with Gasteiger partial charge in [-0.3, -0.25) is 4.79 Å². The molecule has 0 spiro atoms. The van der Waals surface area contributed by atoms with Crippen LogP contribution in [0.1, 0.15) is 52.4 Å². The number of hydrogen-bond acceptors (Lipinski definition) is 2. The SMILES string of the molecule is CCCCNC(=O)C(C)NCCCC1CC1. The fourth-order valence-corrected chi connectivity index (χ4v) is 1.75. The quantitative estimate of drug-likeness (QED) is 0.591. The van der Waals surface area contributed by atoms with Crippen LogP contribution in [0.15, 0.2) is 0 Å². The lowest BCUT2D eigenvalue weighted by Gasteiger charge is -2.13. The number of unbranched alkanes of at least 4 members (excludes halogenated alkanes) is 1. The van der Waals surface area contributed by atoms with Gasteiger partial charge in [-0.05, 0) is 38.6 Å². The van der Waals surface area contributed by atoms with Crippen molar-refractivity contribution in [2.24, 2.45) is 5.92 Å². The molecule has 1 aliphatic rings. The maximum absolute atomic E-state index is 11.6. The minimum atomic E-state index is -0.0453. The summed E-state index contributed by atoms with van der Waals surface area (Å²) >= 11 is 0. The zero-order valence-corrected chi connectivity index (χ0v) is 10.7. The van der Waals surface area contributed by atoms with Crippen molar-refractivity contribution in [3.05, 3.63) is 0 Å². The van der Waals surface area contributed by atoms with Gasteiger partial charge in [-0.1, -0.05) is 26.2 Å². The van der Waals surface area contributed by atoms with Crippen molar-refractivity contribution in [1.82, 2.24) is 10.6 Å². The molecule has 1 amide bonds. The van der Waals surface area contributed by atoms with Gasteiger partial charge >= 0.3 is 0 Å². The number of amides is 1. The molecule has 0 bridgehead atoms. The van der Waals surface area contributed by atoms with Gasteiger partial charge in [-0.15, -0.1) is 0 Å². The first-order valence-corrected chi connectivity index (χ1v) is 6.75. The highest BCUT2D eigenvalue weighted by Gasteiger charge is 2.20. The van der Waals surface area contributed by atoms with E-state index in [0.717, 1.165) is 31.8 Å². The van der Waals surface area contributed by atoms with Crippen molar-refractivity contribution in [3.63, 3.8) is 0 Å². The lowest BCUT2D eigenvalue weighted by Crippen LogP contribution is -2.42. The summed E-state index contributed by atoms with van der Waals surface area (Å²) in [6.45, 7) is 5.85. The molecule has 0 aromatic heterocycles. The maximum Gasteiger partial charge on any atom is 0.236 e. The van der Waals surface area contributed by atoms with E-state index in [1.807, 2.05) is 6.92 Å². The number of carbonyl (C=O) groups is 1. The Morgan fingerprint density at radius 2 is 2.06 bits per heavy atom. The highest BCUT2D eigenvalue weighted by Crippen LogP contribution is 2.33. The van der Waals surface area contributed by atoms with Crippen molar-refractivity contribution >= 4 is 5.91 Å². The van der Waals surface area contributed by atoms with Crippen molar-refractivity contribution in [1.29, 1.82) is 0 Å². The minimum absolute atomic E-state index is 0.0453. The average Bonchev–Trinajstić information content (AvgIpc) is 3.08. The van der Waals surface area contributed by atoms with Gasteiger partial charge < -0.3 is 10.6 Å². The zero-order valence-electron chi connectivity index (χ0n) is 10.7. The third-order valence-corrected chi connectivity index (χ3v) is 3.16. The van der Waals surface area contributed by atoms with Gasteiger partial charge in [0.05, 0.1) is 6.04 Å². The Labute approximate surface area is 99.4 Å². The van der Waals surface area contributed by atoms with E-state index in [9.17, 15) is 4.79 Å². The summed E-state index contributed by atoms with van der Waals surface area (Å²) in [7, 11) is 0. The zero-order chi connectivity index (χ0) is 11.8. The summed E-state index contributed by atoms with van der Waals surface area (Å²) < 4.78 is 0. The molecule has 0 aromatic carbocycles. The second-order valence-electron chi connectivity index (χ2n) is 4.91. The van der Waals surface area contributed by atoms with Crippen LogP contribution in [0.4, 0.5) is 0 Å². The Morgan fingerprint density at radius 1 is 1.31 bits per heavy atom. The standard InChI is InChI=1S/C13H26N2O/c1-3-4-9-15-13(16)11(2)14-10-5-6-12-7-8-12/h11-12,14H,3-10H2,1-2H3,(H,15,16). The van der Waals surface area contributed by atoms with Crippen LogP contribution in [0.2, 0.25) is 0 Å². The topological polar surface area (TPSA) is 41.1 Å². The van der Waals surface area contributed by atoms with Gasteiger partial charge in [0, 0.05) is 6.54 Å². The summed E-state index contributed by atoms with van der Waals surface area (Å²) in [6, 6.07) is -0.0453. The molecular formula is C13H26N2O. The van der Waals surface area contributed by atoms with Crippen LogP contribution in [0.25, 0.3) is 0 Å². The molecule has 0 aliphatic heterocycles. The van der Waals surface area contributed by atoms with Gasteiger partial charge in [-0.25, -0.2) is 0 Å². The summed E-state index contributed by atoms with van der Waals surface area (Å²) in [5, 5.41) is 6.22. The lowest BCUT2D eigenvalue weighted by molar-refractivity contribution is -0.122. The molecule has 3 nitrogen and oxygen atoms in total. The second-order valence-corrected chi connectivity index (χ2v) is 4.91. The fraction of sp³-hybridized carbons (Fsp3) is 0.923. The molecule has 1 unspecified atom stereocenters. The summed E-state index contributed by atoms with van der Waals surface area (Å²) in [5.41, 5.74) is 0. The molecule has 94 valence electrons. The van der Waals surface area contributed by atoms with Gasteiger partial charge in [0.25, 0.3) is 0 Å². The van der Waals surface area contributed by atoms with Crippen LogP contribution >= 0.6 is 0 Å². The molecule has 3 heteroatoms. The highest BCUT2D eigenvalue weighted by molar-refractivity contribution is 5.81. The predicted molar refractivity (Wildman–Crippen MR) is 67.3 cm³/mol. The fourth-order valence-electron chi connectivity index (χ4n) is 1.75. The molecule has 0 aromatic rings. The maximum atomic E-state index is 11.6. The van der Waals surface area contributed by atoms with Crippen LogP contribution in [0, 0.1) is 5.92 Å². The van der Waals surface area contributed by atoms with E-state index >= 15 is 0 Å². The van der Waals surface area contributed by atoms with Gasteiger partial charge in [-0.2, -0.15) is 0 Å². The van der Waals surface area contributed by atoms with E-state index in [1.54, 1.807) is 0 Å². The smallest absolute Gasteiger partial charge is 0.236 e. The van der Waals surface area contributed by atoms with E-state index in [4.69, 9.17) is 0 Å². The predicted octanol–water partition coefficient (Wildman–Crippen LogP) is 2.07. The normalized spacial score (nSPS) is 17.1. The lowest BCUT2D eigenvalue weighted by atomic mass is 10.2. The summed E-state index contributed by atoms with van der Waals surface area (Å²) in [4.78, 5) is 11.6. The molecule has 1 saturated carbocycles. The van der Waals surface area contributed by atoms with E-state index in [1.165, 1.54) is 25.7 Å². The Morgan fingerprint density at radius 3 is 2.69 bits per heavy atom. The minimum Gasteiger partial charge on any atom is -0.355 e. The van der Waals surface area contributed by atoms with Crippen molar-refractivity contribution < 1.29 is 4.79 Å². The van der Waals surface area contributed by atoms with Crippen molar-refractivity contribution in [3.8, 4) is 0 Å². The first kappa shape index (κ1) is 13.5. The molecule has 1 atom stereocenters. The monoisotopic (exact) mass is 226 g/mol. The van der Waals surface area contributed by atoms with Crippen LogP contribution < -0.4 is 10.6 Å². The number of nitrogens with one attached hydrogen (secondary N) is 2. The third kappa shape index (κ3) is 6.11. The molecule has 0 saturated heterocycles. The molecule has 1 fully saturated rings. The first-order chi connectivity index (χ1) is 7.74. The van der Waals surface area contributed by atoms with E-state index < -0.39 is 0 Å². The van der Waals surface area contributed by atoms with Crippen molar-refractivity contribution in [2.75, 3.05) is 13.1 Å². The average molecular weight is 226 g/mol. The van der Waals surface area contributed by atoms with Crippen LogP contribution in [-0.2, 0) is 4.79 Å². The number of hydrogen-bond donors (Lipinski definition) is 2. The molecule has 1 rings (SSSR count). The molecule has 16 heavy (non-hydrogen) atoms. The van der Waals surface area contributed by atoms with E-state index in [0.29, 0.717) is 0 Å². The summed E-state index contributed by atoms with van der Waals surface area (Å²) in [5.74, 6) is 1.13. The van der Waals surface area contributed by atoms with E-state index in [-0.39, 0.29) is 11.9 Å². The van der Waals surface area contributed by atoms with Gasteiger partial charge in [0.1, 0.15) is 0 Å². The molecule has 0 radical (unpaired) electrons. The van der Waals surface area contributed by atoms with Crippen LogP contribution in [0.3, 0.4) is 0 Å². The Balaban J connectivity index is 1.94. The van der Waals surface area contributed by atoms with Crippen LogP contribution in [-0.4, -0.2) is 25.0 Å². The number of rotatable bonds is 9. The van der Waals surface area contributed by atoms with Gasteiger partial charge in [0.15, 0.2) is 0 Å². The van der Waals surface area contributed by atoms with Crippen molar-refractivity contribution in [2.45, 2.75) is 58.4 Å². The third-order valence-electron chi connectivity index (χ3n) is 3.16. The molecular weight excluding hydrogens is 200 g/mol. The molecule has 1 aliphatic carbocycles. The first-order valence-electron chi connectivity index (χ1n) is 6.75. The largest absolute Gasteiger partial charge is 0.355 e. The molecule has 2 N–H and O–H groups in total. The van der Waals surface area contributed by atoms with Gasteiger partial charge in [0.2, 0.25) is 5.91 Å².